The van der Waals surface area contributed by atoms with Gasteiger partial charge >= 0.3 is 5.97 Å². The van der Waals surface area contributed by atoms with Gasteiger partial charge in [-0.1, -0.05) is 18.2 Å². The van der Waals surface area contributed by atoms with E-state index in [1.807, 2.05) is 66.7 Å². The van der Waals surface area contributed by atoms with Crippen LogP contribution in [0.4, 0.5) is 5.69 Å². The number of rotatable bonds is 10. The first kappa shape index (κ1) is 26.7. The van der Waals surface area contributed by atoms with Gasteiger partial charge in [0.15, 0.2) is 0 Å². The second-order valence-electron chi connectivity index (χ2n) is 9.65. The van der Waals surface area contributed by atoms with Gasteiger partial charge in [-0.2, -0.15) is 5.10 Å². The molecule has 1 atom stereocenters. The summed E-state index contributed by atoms with van der Waals surface area (Å²) in [5, 5.41) is 20.1. The van der Waals surface area contributed by atoms with E-state index < -0.39 is 12.0 Å². The first-order valence-corrected chi connectivity index (χ1v) is 12.6. The number of carboxylic acid groups (broad SMARTS) is 1. The van der Waals surface area contributed by atoms with Crippen LogP contribution in [-0.4, -0.2) is 44.3 Å². The summed E-state index contributed by atoms with van der Waals surface area (Å²) in [7, 11) is 1.59. The summed E-state index contributed by atoms with van der Waals surface area (Å²) in [5.41, 5.74) is 5.90. The van der Waals surface area contributed by atoms with Crippen molar-refractivity contribution in [3.63, 3.8) is 0 Å². The number of aromatic nitrogens is 3. The normalized spacial score (nSPS) is 11.9. The van der Waals surface area contributed by atoms with E-state index in [4.69, 9.17) is 5.11 Å². The Bertz CT molecular complexity index is 1500. The van der Waals surface area contributed by atoms with Gasteiger partial charge in [0, 0.05) is 48.0 Å². The van der Waals surface area contributed by atoms with Gasteiger partial charge in [-0.15, -0.1) is 0 Å². The minimum atomic E-state index is -0.846. The molecule has 0 spiro atoms. The molecule has 9 heteroatoms. The minimum Gasteiger partial charge on any atom is -0.481 e. The minimum absolute atomic E-state index is 0.0560. The van der Waals surface area contributed by atoms with Crippen molar-refractivity contribution >= 4 is 34.4 Å². The molecule has 0 saturated carbocycles. The maximum atomic E-state index is 13.5. The van der Waals surface area contributed by atoms with Crippen molar-refractivity contribution in [3.05, 3.63) is 82.8 Å². The lowest BCUT2D eigenvalue weighted by Crippen LogP contribution is -2.24. The molecule has 4 aromatic rings. The summed E-state index contributed by atoms with van der Waals surface area (Å²) in [6.07, 6.45) is 6.72. The highest BCUT2D eigenvalue weighted by molar-refractivity contribution is 6.00. The lowest BCUT2D eigenvalue weighted by atomic mass is 10.0. The Morgan fingerprint density at radius 1 is 1.08 bits per heavy atom. The van der Waals surface area contributed by atoms with Crippen molar-refractivity contribution in [2.45, 2.75) is 52.6 Å². The molecule has 4 rings (SSSR count). The summed E-state index contributed by atoms with van der Waals surface area (Å²) < 4.78 is 3.72. The van der Waals surface area contributed by atoms with Crippen molar-refractivity contribution in [1.82, 2.24) is 19.7 Å². The highest BCUT2D eigenvalue weighted by Crippen LogP contribution is 2.27. The SMILES string of the molecule is CNC(=O)c1ccc2c(C)cn([C@H](C)C(=O)Nc3cc(Cn4cc(C)cn4)ccc3CCCC(=O)O)c2c1. The van der Waals surface area contributed by atoms with Crippen LogP contribution in [-0.2, 0) is 22.6 Å². The standard InChI is InChI=1S/C29H33N5O4/c1-18-14-31-33(15-18)17-21-8-9-22(6-5-7-27(35)36)25(12-21)32-28(37)20(3)34-16-19(2)24-11-10-23(13-26(24)34)29(38)30-4/h8-16,20H,5-7,17H2,1-4H3,(H,30,38)(H,32,37)(H,35,36)/t20-/m1/s1. The zero-order valence-electron chi connectivity index (χ0n) is 22.1. The van der Waals surface area contributed by atoms with Gasteiger partial charge in [0.2, 0.25) is 5.91 Å². The van der Waals surface area contributed by atoms with Crippen LogP contribution in [0, 0.1) is 13.8 Å². The summed E-state index contributed by atoms with van der Waals surface area (Å²) >= 11 is 0. The summed E-state index contributed by atoms with van der Waals surface area (Å²) in [6, 6.07) is 10.8. The van der Waals surface area contributed by atoms with Crippen LogP contribution >= 0.6 is 0 Å². The van der Waals surface area contributed by atoms with Crippen LogP contribution in [0.1, 0.15) is 58.4 Å². The van der Waals surface area contributed by atoms with E-state index in [1.54, 1.807) is 25.4 Å². The van der Waals surface area contributed by atoms with Crippen LogP contribution in [0.25, 0.3) is 10.9 Å². The smallest absolute Gasteiger partial charge is 0.303 e. The van der Waals surface area contributed by atoms with E-state index in [2.05, 4.69) is 15.7 Å². The fourth-order valence-corrected chi connectivity index (χ4v) is 4.62. The monoisotopic (exact) mass is 515 g/mol. The van der Waals surface area contributed by atoms with Crippen LogP contribution in [0.3, 0.4) is 0 Å². The molecule has 0 unspecified atom stereocenters. The maximum absolute atomic E-state index is 13.5. The van der Waals surface area contributed by atoms with Gasteiger partial charge in [0.25, 0.3) is 5.91 Å². The molecule has 0 radical (unpaired) electrons. The maximum Gasteiger partial charge on any atom is 0.303 e. The topological polar surface area (TPSA) is 118 Å². The number of carbonyl (C=O) groups excluding carboxylic acids is 2. The Morgan fingerprint density at radius 3 is 2.55 bits per heavy atom. The summed E-state index contributed by atoms with van der Waals surface area (Å²) in [5.74, 6) is -1.25. The predicted octanol–water partition coefficient (Wildman–Crippen LogP) is 4.47. The average molecular weight is 516 g/mol. The highest BCUT2D eigenvalue weighted by atomic mass is 16.4. The lowest BCUT2D eigenvalue weighted by molar-refractivity contribution is -0.137. The van der Waals surface area contributed by atoms with Gasteiger partial charge < -0.3 is 20.3 Å². The van der Waals surface area contributed by atoms with Crippen molar-refractivity contribution in [2.75, 3.05) is 12.4 Å². The predicted molar refractivity (Wildman–Crippen MR) is 146 cm³/mol. The Labute approximate surface area is 221 Å². The number of anilines is 1. The van der Waals surface area contributed by atoms with Gasteiger partial charge in [0.1, 0.15) is 6.04 Å². The van der Waals surface area contributed by atoms with Crippen molar-refractivity contribution in [3.8, 4) is 0 Å². The van der Waals surface area contributed by atoms with E-state index in [9.17, 15) is 14.4 Å². The molecule has 38 heavy (non-hydrogen) atoms. The summed E-state index contributed by atoms with van der Waals surface area (Å²) in [6.45, 7) is 6.32. The Kier molecular flexibility index (Phi) is 7.95. The number of benzene rings is 2. The fraction of sp³-hybridized carbons (Fsp3) is 0.310. The van der Waals surface area contributed by atoms with Gasteiger partial charge in [-0.05, 0) is 74.1 Å². The molecule has 2 amide bonds. The number of carbonyl (C=O) groups is 3. The van der Waals surface area contributed by atoms with E-state index in [-0.39, 0.29) is 18.2 Å². The summed E-state index contributed by atoms with van der Waals surface area (Å²) in [4.78, 5) is 36.8. The van der Waals surface area contributed by atoms with Crippen LogP contribution in [0.2, 0.25) is 0 Å². The number of nitrogens with one attached hydrogen (secondary N) is 2. The van der Waals surface area contributed by atoms with Gasteiger partial charge in [-0.3, -0.25) is 19.1 Å². The van der Waals surface area contributed by atoms with Crippen molar-refractivity contribution in [1.29, 1.82) is 0 Å². The number of hydrogen-bond donors (Lipinski definition) is 3. The number of carboxylic acids is 1. The average Bonchev–Trinajstić information content (AvgIpc) is 3.45. The molecule has 0 saturated heterocycles. The van der Waals surface area contributed by atoms with Crippen molar-refractivity contribution < 1.29 is 19.5 Å². The highest BCUT2D eigenvalue weighted by Gasteiger charge is 2.20. The molecule has 198 valence electrons. The molecule has 0 bridgehead atoms. The third kappa shape index (κ3) is 5.94. The first-order chi connectivity index (χ1) is 18.2. The van der Waals surface area contributed by atoms with E-state index in [0.29, 0.717) is 30.6 Å². The molecular weight excluding hydrogens is 482 g/mol. The van der Waals surface area contributed by atoms with E-state index in [0.717, 1.165) is 33.2 Å². The first-order valence-electron chi connectivity index (χ1n) is 12.6. The number of aliphatic carboxylic acids is 1. The quantitative estimate of drug-likeness (QED) is 0.288. The molecule has 0 aliphatic carbocycles. The largest absolute Gasteiger partial charge is 0.481 e. The van der Waals surface area contributed by atoms with E-state index in [1.165, 1.54) is 0 Å². The number of fused-ring (bicyclic) bond motifs is 1. The number of amides is 2. The molecule has 0 aliphatic rings. The third-order valence-electron chi connectivity index (χ3n) is 6.70. The van der Waals surface area contributed by atoms with Gasteiger partial charge in [0.05, 0.1) is 12.7 Å². The third-order valence-corrected chi connectivity index (χ3v) is 6.70. The second kappa shape index (κ2) is 11.3. The molecule has 2 aromatic heterocycles. The van der Waals surface area contributed by atoms with Crippen LogP contribution in [0.15, 0.2) is 55.0 Å². The molecule has 9 nitrogen and oxygen atoms in total. The molecule has 3 N–H and O–H groups in total. The van der Waals surface area contributed by atoms with E-state index >= 15 is 0 Å². The Morgan fingerprint density at radius 2 is 1.87 bits per heavy atom. The number of aryl methyl sites for hydroxylation is 3. The van der Waals surface area contributed by atoms with Crippen LogP contribution < -0.4 is 10.6 Å². The molecule has 2 aromatic carbocycles. The Balaban J connectivity index is 1.62. The Hall–Kier alpha value is -4.40. The van der Waals surface area contributed by atoms with Crippen molar-refractivity contribution in [2.24, 2.45) is 0 Å². The molecule has 0 fully saturated rings. The fourth-order valence-electron chi connectivity index (χ4n) is 4.62. The van der Waals surface area contributed by atoms with Crippen LogP contribution in [0.5, 0.6) is 0 Å². The molecule has 0 aliphatic heterocycles. The second-order valence-corrected chi connectivity index (χ2v) is 9.65. The zero-order chi connectivity index (χ0) is 27.4. The zero-order valence-corrected chi connectivity index (χ0v) is 22.1. The van der Waals surface area contributed by atoms with Gasteiger partial charge in [-0.25, -0.2) is 0 Å². The molecular formula is C29H33N5O4. The lowest BCUT2D eigenvalue weighted by Gasteiger charge is -2.18. The number of hydrogen-bond acceptors (Lipinski definition) is 4. The molecule has 2 heterocycles. The number of nitrogens with zero attached hydrogens (tertiary/aromatic N) is 3.